The maximum absolute atomic E-state index is 10.9. The van der Waals surface area contributed by atoms with Crippen molar-refractivity contribution in [1.29, 1.82) is 0 Å². The average Bonchev–Trinajstić information content (AvgIpc) is 3.10. The standard InChI is InChI=1S/C19H25N7O/c1-14-21-22-17-7-8-18(23-26(14)17)24-9-11-25(12-10-24)19(27)16(13-20)15-5-3-2-4-6-15/h2-8,16,19,27H,9-13,20H2,1H3. The van der Waals surface area contributed by atoms with Gasteiger partial charge in [-0.15, -0.1) is 15.3 Å². The minimum absolute atomic E-state index is 0.0908. The largest absolute Gasteiger partial charge is 0.378 e. The number of aliphatic hydroxyl groups is 1. The lowest BCUT2D eigenvalue weighted by molar-refractivity contribution is -0.0181. The normalized spacial score (nSPS) is 18.0. The highest BCUT2D eigenvalue weighted by Crippen LogP contribution is 2.23. The van der Waals surface area contributed by atoms with Crippen LogP contribution in [0.25, 0.3) is 5.65 Å². The zero-order chi connectivity index (χ0) is 18.8. The van der Waals surface area contributed by atoms with Crippen molar-refractivity contribution in [2.24, 2.45) is 5.73 Å². The second-order valence-electron chi connectivity index (χ2n) is 6.90. The Labute approximate surface area is 158 Å². The van der Waals surface area contributed by atoms with Crippen molar-refractivity contribution < 1.29 is 5.11 Å². The summed E-state index contributed by atoms with van der Waals surface area (Å²) in [6.07, 6.45) is -0.588. The second kappa shape index (κ2) is 7.59. The highest BCUT2D eigenvalue weighted by molar-refractivity contribution is 5.46. The average molecular weight is 367 g/mol. The van der Waals surface area contributed by atoms with Gasteiger partial charge in [0.1, 0.15) is 12.0 Å². The van der Waals surface area contributed by atoms with Crippen LogP contribution in [0.2, 0.25) is 0 Å². The Bertz CT molecular complexity index is 889. The predicted octanol–water partition coefficient (Wildman–Crippen LogP) is 0.616. The van der Waals surface area contributed by atoms with Gasteiger partial charge in [0, 0.05) is 38.6 Å². The minimum Gasteiger partial charge on any atom is -0.378 e. The van der Waals surface area contributed by atoms with E-state index >= 15 is 0 Å². The number of nitrogens with two attached hydrogens (primary N) is 1. The highest BCUT2D eigenvalue weighted by atomic mass is 16.3. The zero-order valence-corrected chi connectivity index (χ0v) is 15.4. The lowest BCUT2D eigenvalue weighted by Gasteiger charge is -2.40. The quantitative estimate of drug-likeness (QED) is 0.682. The molecule has 8 nitrogen and oxygen atoms in total. The van der Waals surface area contributed by atoms with Crippen LogP contribution in [0.5, 0.6) is 0 Å². The second-order valence-corrected chi connectivity index (χ2v) is 6.90. The van der Waals surface area contributed by atoms with E-state index < -0.39 is 6.23 Å². The molecule has 2 unspecified atom stereocenters. The monoisotopic (exact) mass is 367 g/mol. The van der Waals surface area contributed by atoms with Gasteiger partial charge in [-0.1, -0.05) is 30.3 Å². The molecule has 2 atom stereocenters. The lowest BCUT2D eigenvalue weighted by atomic mass is 9.96. The van der Waals surface area contributed by atoms with Crippen molar-refractivity contribution in [2.75, 3.05) is 37.6 Å². The van der Waals surface area contributed by atoms with Crippen LogP contribution in [0.3, 0.4) is 0 Å². The Balaban J connectivity index is 1.43. The van der Waals surface area contributed by atoms with Gasteiger partial charge in [0.05, 0.1) is 0 Å². The van der Waals surface area contributed by atoms with Gasteiger partial charge in [-0.2, -0.15) is 4.52 Å². The van der Waals surface area contributed by atoms with Crippen molar-refractivity contribution in [3.8, 4) is 0 Å². The molecule has 0 radical (unpaired) electrons. The van der Waals surface area contributed by atoms with E-state index in [0.717, 1.165) is 49.0 Å². The Morgan fingerprint density at radius 2 is 1.78 bits per heavy atom. The number of benzene rings is 1. The topological polar surface area (TPSA) is 95.8 Å². The molecule has 142 valence electrons. The van der Waals surface area contributed by atoms with E-state index in [9.17, 15) is 5.11 Å². The van der Waals surface area contributed by atoms with E-state index in [1.54, 1.807) is 4.52 Å². The molecule has 27 heavy (non-hydrogen) atoms. The molecular weight excluding hydrogens is 342 g/mol. The highest BCUT2D eigenvalue weighted by Gasteiger charge is 2.29. The van der Waals surface area contributed by atoms with Gasteiger partial charge in [-0.25, -0.2) is 0 Å². The summed E-state index contributed by atoms with van der Waals surface area (Å²) in [7, 11) is 0. The van der Waals surface area contributed by atoms with Gasteiger partial charge < -0.3 is 15.7 Å². The van der Waals surface area contributed by atoms with Crippen LogP contribution in [0.4, 0.5) is 5.82 Å². The molecule has 0 bridgehead atoms. The van der Waals surface area contributed by atoms with Gasteiger partial charge in [0.25, 0.3) is 0 Å². The number of anilines is 1. The van der Waals surface area contributed by atoms with E-state index in [2.05, 4.69) is 25.1 Å². The molecule has 3 heterocycles. The fraction of sp³-hybridized carbons (Fsp3) is 0.421. The molecule has 1 aliphatic heterocycles. The van der Waals surface area contributed by atoms with E-state index in [4.69, 9.17) is 5.73 Å². The third-order valence-corrected chi connectivity index (χ3v) is 5.26. The number of aryl methyl sites for hydroxylation is 1. The SMILES string of the molecule is Cc1nnc2ccc(N3CCN(C(O)C(CN)c4ccccc4)CC3)nn12. The number of aliphatic hydroxyl groups excluding tert-OH is 1. The number of aromatic nitrogens is 4. The molecule has 1 saturated heterocycles. The van der Waals surface area contributed by atoms with E-state index in [0.29, 0.717) is 6.54 Å². The van der Waals surface area contributed by atoms with Crippen LogP contribution in [0.15, 0.2) is 42.5 Å². The molecule has 1 aromatic carbocycles. The van der Waals surface area contributed by atoms with E-state index in [1.807, 2.05) is 49.4 Å². The molecule has 3 N–H and O–H groups in total. The number of rotatable bonds is 5. The fourth-order valence-electron chi connectivity index (χ4n) is 3.66. The van der Waals surface area contributed by atoms with Crippen molar-refractivity contribution in [3.05, 3.63) is 53.9 Å². The summed E-state index contributed by atoms with van der Waals surface area (Å²) < 4.78 is 1.76. The van der Waals surface area contributed by atoms with Crippen molar-refractivity contribution in [2.45, 2.75) is 19.1 Å². The summed E-state index contributed by atoms with van der Waals surface area (Å²) in [6, 6.07) is 13.9. The third-order valence-electron chi connectivity index (χ3n) is 5.26. The summed E-state index contributed by atoms with van der Waals surface area (Å²) in [5, 5.41) is 23.7. The van der Waals surface area contributed by atoms with Crippen molar-refractivity contribution in [3.63, 3.8) is 0 Å². The maximum atomic E-state index is 10.9. The molecule has 0 aliphatic carbocycles. The fourth-order valence-corrected chi connectivity index (χ4v) is 3.66. The van der Waals surface area contributed by atoms with Gasteiger partial charge in [0.2, 0.25) is 0 Å². The summed E-state index contributed by atoms with van der Waals surface area (Å²) in [4.78, 5) is 4.33. The first-order chi connectivity index (χ1) is 13.2. The molecule has 0 saturated carbocycles. The van der Waals surface area contributed by atoms with E-state index in [1.165, 1.54) is 0 Å². The molecule has 4 rings (SSSR count). The number of hydrogen-bond acceptors (Lipinski definition) is 7. The molecule has 8 heteroatoms. The van der Waals surface area contributed by atoms with Crippen molar-refractivity contribution >= 4 is 11.5 Å². The Hall–Kier alpha value is -2.55. The van der Waals surface area contributed by atoms with Gasteiger partial charge in [-0.3, -0.25) is 4.90 Å². The van der Waals surface area contributed by atoms with Crippen LogP contribution < -0.4 is 10.6 Å². The van der Waals surface area contributed by atoms with Crippen LogP contribution in [-0.2, 0) is 0 Å². The minimum atomic E-state index is -0.588. The third kappa shape index (κ3) is 3.51. The molecule has 0 amide bonds. The summed E-state index contributed by atoms with van der Waals surface area (Å²) in [6.45, 7) is 5.40. The molecule has 3 aromatic rings. The molecule has 1 aliphatic rings. The number of nitrogens with zero attached hydrogens (tertiary/aromatic N) is 6. The van der Waals surface area contributed by atoms with Crippen LogP contribution in [-0.4, -0.2) is 68.8 Å². The first kappa shape index (κ1) is 17.8. The number of hydrogen-bond donors (Lipinski definition) is 2. The molecule has 1 fully saturated rings. The number of piperazine rings is 1. The summed E-state index contributed by atoms with van der Waals surface area (Å²) in [5.74, 6) is 1.58. The Morgan fingerprint density at radius 1 is 1.04 bits per heavy atom. The zero-order valence-electron chi connectivity index (χ0n) is 15.4. The Morgan fingerprint density at radius 3 is 2.48 bits per heavy atom. The van der Waals surface area contributed by atoms with Crippen LogP contribution in [0, 0.1) is 6.92 Å². The van der Waals surface area contributed by atoms with Gasteiger partial charge in [-0.05, 0) is 24.6 Å². The Kier molecular flexibility index (Phi) is 5.02. The first-order valence-electron chi connectivity index (χ1n) is 9.28. The van der Waals surface area contributed by atoms with Crippen LogP contribution >= 0.6 is 0 Å². The molecule has 0 spiro atoms. The van der Waals surface area contributed by atoms with Crippen molar-refractivity contribution in [1.82, 2.24) is 24.7 Å². The summed E-state index contributed by atoms with van der Waals surface area (Å²) in [5.41, 5.74) is 7.79. The lowest BCUT2D eigenvalue weighted by Crippen LogP contribution is -2.53. The predicted molar refractivity (Wildman–Crippen MR) is 104 cm³/mol. The summed E-state index contributed by atoms with van der Waals surface area (Å²) >= 11 is 0. The first-order valence-corrected chi connectivity index (χ1v) is 9.28. The van der Waals surface area contributed by atoms with Gasteiger partial charge in [0.15, 0.2) is 11.5 Å². The number of fused-ring (bicyclic) bond motifs is 1. The molecule has 2 aromatic heterocycles. The van der Waals surface area contributed by atoms with E-state index in [-0.39, 0.29) is 5.92 Å². The molecular formula is C19H25N7O. The van der Waals surface area contributed by atoms with Crippen LogP contribution in [0.1, 0.15) is 17.3 Å². The van der Waals surface area contributed by atoms with Gasteiger partial charge >= 0.3 is 0 Å². The smallest absolute Gasteiger partial charge is 0.178 e. The maximum Gasteiger partial charge on any atom is 0.178 e.